The number of likely N-dealkylation sites (tertiary alicyclic amines) is 1. The van der Waals surface area contributed by atoms with Crippen molar-refractivity contribution in [2.75, 3.05) is 26.8 Å². The summed E-state index contributed by atoms with van der Waals surface area (Å²) < 4.78 is 18.0. The highest BCUT2D eigenvalue weighted by molar-refractivity contribution is 5.79. The average Bonchev–Trinajstić information content (AvgIpc) is 3.33. The van der Waals surface area contributed by atoms with E-state index in [1.54, 1.807) is 7.11 Å². The molecule has 6 rings (SSSR count). The van der Waals surface area contributed by atoms with Crippen LogP contribution in [0.15, 0.2) is 97.1 Å². The lowest BCUT2D eigenvalue weighted by Gasteiger charge is -2.34. The molecule has 1 amide bonds. The molecule has 0 saturated carbocycles. The van der Waals surface area contributed by atoms with Gasteiger partial charge in [0.15, 0.2) is 0 Å². The highest BCUT2D eigenvalue weighted by Crippen LogP contribution is 2.44. The van der Waals surface area contributed by atoms with Crippen LogP contribution in [-0.2, 0) is 9.47 Å². The fourth-order valence-corrected chi connectivity index (χ4v) is 5.92. The Morgan fingerprint density at radius 2 is 1.35 bits per heavy atom. The molecule has 1 atom stereocenters. The summed E-state index contributed by atoms with van der Waals surface area (Å²) in [5.74, 6) is 0.889. The van der Waals surface area contributed by atoms with Gasteiger partial charge in [0.1, 0.15) is 18.5 Å². The third-order valence-electron chi connectivity index (χ3n) is 8.16. The van der Waals surface area contributed by atoms with E-state index >= 15 is 0 Å². The monoisotopic (exact) mass is 533 g/mol. The van der Waals surface area contributed by atoms with Crippen molar-refractivity contribution in [1.82, 2.24) is 4.90 Å². The van der Waals surface area contributed by atoms with Crippen LogP contribution in [0.5, 0.6) is 5.75 Å². The first kappa shape index (κ1) is 26.1. The molecule has 5 heteroatoms. The zero-order chi connectivity index (χ0) is 27.5. The summed E-state index contributed by atoms with van der Waals surface area (Å²) in [4.78, 5) is 14.9. The van der Waals surface area contributed by atoms with Crippen LogP contribution in [0.1, 0.15) is 52.7 Å². The van der Waals surface area contributed by atoms with E-state index in [0.717, 1.165) is 29.7 Å². The molecule has 0 N–H and O–H groups in total. The van der Waals surface area contributed by atoms with Gasteiger partial charge in [-0.2, -0.15) is 0 Å². The molecule has 0 radical (unpaired) electrons. The van der Waals surface area contributed by atoms with Crippen molar-refractivity contribution in [2.24, 2.45) is 0 Å². The fourth-order valence-electron chi connectivity index (χ4n) is 5.92. The van der Waals surface area contributed by atoms with E-state index in [0.29, 0.717) is 19.7 Å². The van der Waals surface area contributed by atoms with Gasteiger partial charge in [0.25, 0.3) is 0 Å². The Hall–Kier alpha value is -4.09. The van der Waals surface area contributed by atoms with Gasteiger partial charge in [-0.3, -0.25) is 0 Å². The predicted molar refractivity (Wildman–Crippen MR) is 157 cm³/mol. The number of nitrogens with zero attached hydrogens (tertiary/aromatic N) is 1. The molecule has 0 bridgehead atoms. The molecule has 1 aliphatic carbocycles. The van der Waals surface area contributed by atoms with Crippen molar-refractivity contribution in [2.45, 2.75) is 37.9 Å². The summed E-state index contributed by atoms with van der Waals surface area (Å²) in [5.41, 5.74) is 8.34. The number of piperidine rings is 1. The second-order valence-electron chi connectivity index (χ2n) is 10.7. The Morgan fingerprint density at radius 3 is 1.93 bits per heavy atom. The Morgan fingerprint density at radius 1 is 0.800 bits per heavy atom. The maximum absolute atomic E-state index is 13.1. The van der Waals surface area contributed by atoms with Gasteiger partial charge >= 0.3 is 6.09 Å². The summed E-state index contributed by atoms with van der Waals surface area (Å²) >= 11 is 0. The quantitative estimate of drug-likeness (QED) is 0.246. The number of carbonyl (C=O) groups excluding carboxylic acids is 1. The molecule has 5 nitrogen and oxygen atoms in total. The fraction of sp³-hybridized carbons (Fsp3) is 0.286. The lowest BCUT2D eigenvalue weighted by molar-refractivity contribution is -0.0263. The molecule has 1 aliphatic heterocycles. The van der Waals surface area contributed by atoms with Gasteiger partial charge in [0.05, 0.1) is 13.2 Å². The van der Waals surface area contributed by atoms with Crippen LogP contribution in [0.2, 0.25) is 0 Å². The van der Waals surface area contributed by atoms with E-state index in [9.17, 15) is 4.79 Å². The molecule has 2 aliphatic rings. The van der Waals surface area contributed by atoms with Crippen LogP contribution in [-0.4, -0.2) is 43.9 Å². The molecule has 1 saturated heterocycles. The third kappa shape index (κ3) is 5.34. The molecule has 4 aromatic rings. The van der Waals surface area contributed by atoms with E-state index < -0.39 is 0 Å². The number of aryl methyl sites for hydroxylation is 1. The van der Waals surface area contributed by atoms with Gasteiger partial charge in [-0.15, -0.1) is 0 Å². The van der Waals surface area contributed by atoms with Gasteiger partial charge in [0, 0.05) is 19.0 Å². The minimum atomic E-state index is -0.245. The van der Waals surface area contributed by atoms with Gasteiger partial charge in [-0.25, -0.2) is 4.79 Å². The molecule has 1 fully saturated rings. The molecular weight excluding hydrogens is 498 g/mol. The maximum atomic E-state index is 13.1. The van der Waals surface area contributed by atoms with E-state index in [1.165, 1.54) is 27.8 Å². The lowest BCUT2D eigenvalue weighted by Crippen LogP contribution is -2.41. The van der Waals surface area contributed by atoms with Crippen LogP contribution in [0.3, 0.4) is 0 Å². The Bertz CT molecular complexity index is 1410. The second-order valence-corrected chi connectivity index (χ2v) is 10.7. The second kappa shape index (κ2) is 11.6. The van der Waals surface area contributed by atoms with E-state index in [4.69, 9.17) is 14.2 Å². The predicted octanol–water partition coefficient (Wildman–Crippen LogP) is 7.52. The number of rotatable bonds is 7. The number of amides is 1. The van der Waals surface area contributed by atoms with Crippen molar-refractivity contribution in [3.05, 3.63) is 125 Å². The van der Waals surface area contributed by atoms with E-state index in [2.05, 4.69) is 91.9 Å². The van der Waals surface area contributed by atoms with Gasteiger partial charge < -0.3 is 19.1 Å². The number of methoxy groups -OCH3 is 1. The van der Waals surface area contributed by atoms with Gasteiger partial charge in [-0.1, -0.05) is 90.5 Å². The number of fused-ring (bicyclic) bond motifs is 3. The van der Waals surface area contributed by atoms with Crippen LogP contribution < -0.4 is 4.74 Å². The topological polar surface area (TPSA) is 48.0 Å². The number of benzene rings is 4. The third-order valence-corrected chi connectivity index (χ3v) is 8.16. The van der Waals surface area contributed by atoms with Crippen molar-refractivity contribution in [1.29, 1.82) is 0 Å². The van der Waals surface area contributed by atoms with E-state index in [-0.39, 0.29) is 24.2 Å². The first-order valence-electron chi connectivity index (χ1n) is 14.1. The zero-order valence-electron chi connectivity index (χ0n) is 23.1. The van der Waals surface area contributed by atoms with Crippen molar-refractivity contribution >= 4 is 6.09 Å². The molecule has 4 aromatic carbocycles. The van der Waals surface area contributed by atoms with Crippen LogP contribution in [0, 0.1) is 6.92 Å². The van der Waals surface area contributed by atoms with Crippen molar-refractivity contribution in [3.63, 3.8) is 0 Å². The summed E-state index contributed by atoms with van der Waals surface area (Å²) in [6.45, 7) is 3.66. The smallest absolute Gasteiger partial charge is 0.409 e. The molecule has 204 valence electrons. The Balaban J connectivity index is 1.08. The number of hydrogen-bond acceptors (Lipinski definition) is 4. The average molecular weight is 534 g/mol. The lowest BCUT2D eigenvalue weighted by atomic mass is 9.98. The standard InChI is InChI=1S/C35H35NO4/c1-24-11-13-25(14-12-24)34(26-15-17-27(38-2)18-16-26)40-28-19-21-36(22-20-28)35(37)39-23-33-31-9-5-3-7-29(31)30-8-4-6-10-32(30)33/h3-18,28,33-34H,19-23H2,1-2H3. The maximum Gasteiger partial charge on any atom is 0.409 e. The van der Waals surface area contributed by atoms with Gasteiger partial charge in [-0.05, 0) is 65.3 Å². The van der Waals surface area contributed by atoms with Crippen LogP contribution in [0.25, 0.3) is 11.1 Å². The molecule has 1 heterocycles. The molecule has 1 unspecified atom stereocenters. The molecule has 0 aromatic heterocycles. The number of ether oxygens (including phenoxy) is 3. The van der Waals surface area contributed by atoms with Crippen molar-refractivity contribution in [3.8, 4) is 16.9 Å². The van der Waals surface area contributed by atoms with Gasteiger partial charge in [0.2, 0.25) is 0 Å². The Kier molecular flexibility index (Phi) is 7.56. The summed E-state index contributed by atoms with van der Waals surface area (Å²) in [5, 5.41) is 0. The van der Waals surface area contributed by atoms with Crippen LogP contribution in [0.4, 0.5) is 4.79 Å². The summed E-state index contributed by atoms with van der Waals surface area (Å²) in [7, 11) is 1.67. The summed E-state index contributed by atoms with van der Waals surface area (Å²) in [6.07, 6.45) is 1.15. The minimum absolute atomic E-state index is 0.0473. The normalized spacial score (nSPS) is 15.8. The largest absolute Gasteiger partial charge is 0.497 e. The number of hydrogen-bond donors (Lipinski definition) is 0. The molecule has 40 heavy (non-hydrogen) atoms. The SMILES string of the molecule is COc1ccc(C(OC2CCN(C(=O)OCC3c4ccccc4-c4ccccc43)CC2)c2ccc(C)cc2)cc1. The first-order valence-corrected chi connectivity index (χ1v) is 14.1. The zero-order valence-corrected chi connectivity index (χ0v) is 23.1. The summed E-state index contributed by atoms with van der Waals surface area (Å²) in [6, 6.07) is 33.4. The highest BCUT2D eigenvalue weighted by atomic mass is 16.6. The van der Waals surface area contributed by atoms with Crippen molar-refractivity contribution < 1.29 is 19.0 Å². The van der Waals surface area contributed by atoms with E-state index in [1.807, 2.05) is 17.0 Å². The Labute approximate surface area is 236 Å². The first-order chi connectivity index (χ1) is 19.6. The highest BCUT2D eigenvalue weighted by Gasteiger charge is 2.31. The minimum Gasteiger partial charge on any atom is -0.497 e. The molecule has 0 spiro atoms. The van der Waals surface area contributed by atoms with Crippen LogP contribution >= 0.6 is 0 Å². The number of carbonyl (C=O) groups is 1. The molecular formula is C35H35NO4.